The maximum Gasteiger partial charge on any atom is 0.319 e. The van der Waals surface area contributed by atoms with Gasteiger partial charge in [0, 0.05) is 31.4 Å². The number of halogens is 1. The van der Waals surface area contributed by atoms with Crippen LogP contribution >= 0.6 is 0 Å². The van der Waals surface area contributed by atoms with Gasteiger partial charge in [0.15, 0.2) is 0 Å². The summed E-state index contributed by atoms with van der Waals surface area (Å²) in [5, 5.41) is 5.66. The second-order valence-corrected chi connectivity index (χ2v) is 5.63. The molecule has 2 aliphatic heterocycles. The van der Waals surface area contributed by atoms with Crippen molar-refractivity contribution in [1.29, 1.82) is 0 Å². The SMILES string of the molecule is O=C(Nc1ccc(F)cc1)N[C@H]1CCO[C@@]2(CCOC2)C1. The molecule has 2 atom stereocenters. The van der Waals surface area contributed by atoms with E-state index in [1.807, 2.05) is 0 Å². The van der Waals surface area contributed by atoms with E-state index in [0.29, 0.717) is 25.5 Å². The Balaban J connectivity index is 1.53. The van der Waals surface area contributed by atoms with Crippen molar-refractivity contribution in [3.8, 4) is 0 Å². The third kappa shape index (κ3) is 3.51. The van der Waals surface area contributed by atoms with Gasteiger partial charge in [0.1, 0.15) is 5.82 Å². The number of anilines is 1. The Hall–Kier alpha value is -1.66. The molecule has 2 aliphatic rings. The van der Waals surface area contributed by atoms with Crippen molar-refractivity contribution in [1.82, 2.24) is 5.32 Å². The summed E-state index contributed by atoms with van der Waals surface area (Å²) in [6.45, 7) is 1.95. The van der Waals surface area contributed by atoms with Crippen LogP contribution in [0, 0.1) is 5.82 Å². The van der Waals surface area contributed by atoms with Gasteiger partial charge < -0.3 is 20.1 Å². The average molecular weight is 294 g/mol. The molecule has 1 spiro atoms. The first-order valence-electron chi connectivity index (χ1n) is 7.20. The highest BCUT2D eigenvalue weighted by molar-refractivity contribution is 5.89. The zero-order valence-electron chi connectivity index (χ0n) is 11.7. The maximum absolute atomic E-state index is 12.8. The van der Waals surface area contributed by atoms with Gasteiger partial charge in [-0.3, -0.25) is 0 Å². The van der Waals surface area contributed by atoms with E-state index in [9.17, 15) is 9.18 Å². The van der Waals surface area contributed by atoms with E-state index >= 15 is 0 Å². The molecule has 5 nitrogen and oxygen atoms in total. The number of amides is 2. The van der Waals surface area contributed by atoms with Crippen molar-refractivity contribution in [2.45, 2.75) is 30.9 Å². The van der Waals surface area contributed by atoms with Gasteiger partial charge in [0.2, 0.25) is 0 Å². The molecule has 2 fully saturated rings. The summed E-state index contributed by atoms with van der Waals surface area (Å²) in [5.41, 5.74) is 0.339. The van der Waals surface area contributed by atoms with Gasteiger partial charge in [0.05, 0.1) is 12.2 Å². The lowest BCUT2D eigenvalue weighted by molar-refractivity contribution is -0.0877. The van der Waals surface area contributed by atoms with E-state index in [1.54, 1.807) is 0 Å². The molecule has 6 heteroatoms. The van der Waals surface area contributed by atoms with Crippen molar-refractivity contribution in [2.24, 2.45) is 0 Å². The molecule has 0 aromatic heterocycles. The van der Waals surface area contributed by atoms with Crippen LogP contribution in [0.3, 0.4) is 0 Å². The monoisotopic (exact) mass is 294 g/mol. The predicted octanol–water partition coefficient (Wildman–Crippen LogP) is 2.29. The molecular weight excluding hydrogens is 275 g/mol. The number of carbonyl (C=O) groups excluding carboxylic acids is 1. The van der Waals surface area contributed by atoms with Crippen LogP contribution in [0.1, 0.15) is 19.3 Å². The Labute approximate surface area is 122 Å². The second kappa shape index (κ2) is 5.99. The fourth-order valence-electron chi connectivity index (χ4n) is 2.90. The van der Waals surface area contributed by atoms with Crippen LogP contribution in [0.4, 0.5) is 14.9 Å². The number of benzene rings is 1. The minimum absolute atomic E-state index is 0.0703. The Kier molecular flexibility index (Phi) is 4.07. The Morgan fingerprint density at radius 3 is 2.81 bits per heavy atom. The van der Waals surface area contributed by atoms with Crippen LogP contribution in [-0.4, -0.2) is 37.5 Å². The molecule has 2 saturated heterocycles. The molecule has 0 saturated carbocycles. The highest BCUT2D eigenvalue weighted by Gasteiger charge is 2.41. The molecule has 2 amide bonds. The lowest BCUT2D eigenvalue weighted by Crippen LogP contribution is -2.49. The van der Waals surface area contributed by atoms with Gasteiger partial charge in [-0.05, 0) is 37.1 Å². The van der Waals surface area contributed by atoms with Crippen molar-refractivity contribution in [2.75, 3.05) is 25.1 Å². The van der Waals surface area contributed by atoms with Crippen LogP contribution in [0.2, 0.25) is 0 Å². The van der Waals surface area contributed by atoms with Gasteiger partial charge in [0.25, 0.3) is 0 Å². The van der Waals surface area contributed by atoms with Crippen LogP contribution in [0.5, 0.6) is 0 Å². The molecule has 21 heavy (non-hydrogen) atoms. The molecule has 3 rings (SSSR count). The Morgan fingerprint density at radius 1 is 1.29 bits per heavy atom. The first-order chi connectivity index (χ1) is 10.2. The summed E-state index contributed by atoms with van der Waals surface area (Å²) < 4.78 is 24.1. The van der Waals surface area contributed by atoms with Gasteiger partial charge in [-0.2, -0.15) is 0 Å². The van der Waals surface area contributed by atoms with Crippen LogP contribution < -0.4 is 10.6 Å². The summed E-state index contributed by atoms with van der Waals surface area (Å²) in [6, 6.07) is 5.49. The second-order valence-electron chi connectivity index (χ2n) is 5.63. The predicted molar refractivity (Wildman–Crippen MR) is 75.7 cm³/mol. The Morgan fingerprint density at radius 2 is 2.10 bits per heavy atom. The minimum Gasteiger partial charge on any atom is -0.378 e. The first-order valence-corrected chi connectivity index (χ1v) is 7.20. The minimum atomic E-state index is -0.325. The smallest absolute Gasteiger partial charge is 0.319 e. The molecule has 2 heterocycles. The van der Waals surface area contributed by atoms with Crippen LogP contribution in [0.15, 0.2) is 24.3 Å². The lowest BCUT2D eigenvalue weighted by Gasteiger charge is -2.37. The van der Waals surface area contributed by atoms with E-state index in [1.165, 1.54) is 24.3 Å². The molecule has 2 N–H and O–H groups in total. The largest absolute Gasteiger partial charge is 0.378 e. The number of urea groups is 1. The average Bonchev–Trinajstić information content (AvgIpc) is 2.89. The first kappa shape index (κ1) is 14.3. The summed E-state index contributed by atoms with van der Waals surface area (Å²) in [6.07, 6.45) is 2.44. The quantitative estimate of drug-likeness (QED) is 0.880. The van der Waals surface area contributed by atoms with E-state index < -0.39 is 0 Å². The zero-order chi connectivity index (χ0) is 14.7. The summed E-state index contributed by atoms with van der Waals surface area (Å²) in [5.74, 6) is -0.325. The number of ether oxygens (including phenoxy) is 2. The number of carbonyl (C=O) groups is 1. The number of hydrogen-bond donors (Lipinski definition) is 2. The van der Waals surface area contributed by atoms with Gasteiger partial charge in [-0.25, -0.2) is 9.18 Å². The molecule has 0 aliphatic carbocycles. The molecule has 114 valence electrons. The van der Waals surface area contributed by atoms with Gasteiger partial charge in [-0.15, -0.1) is 0 Å². The van der Waals surface area contributed by atoms with E-state index in [-0.39, 0.29) is 23.5 Å². The topological polar surface area (TPSA) is 59.6 Å². The Bertz CT molecular complexity index is 500. The standard InChI is InChI=1S/C15H19FN2O3/c16-11-1-3-12(4-2-11)17-14(19)18-13-5-7-21-15(9-13)6-8-20-10-15/h1-4,13H,5-10H2,(H2,17,18,19)/t13-,15-/m0/s1. The third-order valence-electron chi connectivity index (χ3n) is 4.00. The molecule has 0 unspecified atom stereocenters. The highest BCUT2D eigenvalue weighted by Crippen LogP contribution is 2.32. The van der Waals surface area contributed by atoms with E-state index in [4.69, 9.17) is 9.47 Å². The summed E-state index contributed by atoms with van der Waals surface area (Å²) >= 11 is 0. The highest BCUT2D eigenvalue weighted by atomic mass is 19.1. The lowest BCUT2D eigenvalue weighted by atomic mass is 9.90. The molecule has 0 radical (unpaired) electrons. The van der Waals surface area contributed by atoms with E-state index in [2.05, 4.69) is 10.6 Å². The number of nitrogens with one attached hydrogen (secondary N) is 2. The number of hydrogen-bond acceptors (Lipinski definition) is 3. The summed E-state index contributed by atoms with van der Waals surface area (Å²) in [7, 11) is 0. The van der Waals surface area contributed by atoms with Gasteiger partial charge in [-0.1, -0.05) is 0 Å². The normalized spacial score (nSPS) is 28.5. The molecule has 1 aromatic carbocycles. The molecule has 1 aromatic rings. The molecular formula is C15H19FN2O3. The van der Waals surface area contributed by atoms with Crippen molar-refractivity contribution in [3.05, 3.63) is 30.1 Å². The molecule has 0 bridgehead atoms. The van der Waals surface area contributed by atoms with Crippen molar-refractivity contribution < 1.29 is 18.7 Å². The third-order valence-corrected chi connectivity index (χ3v) is 4.00. The van der Waals surface area contributed by atoms with E-state index in [0.717, 1.165) is 19.3 Å². The zero-order valence-corrected chi connectivity index (χ0v) is 11.7. The maximum atomic E-state index is 12.8. The fraction of sp³-hybridized carbons (Fsp3) is 0.533. The fourth-order valence-corrected chi connectivity index (χ4v) is 2.90. The van der Waals surface area contributed by atoms with Crippen LogP contribution in [0.25, 0.3) is 0 Å². The number of rotatable bonds is 2. The van der Waals surface area contributed by atoms with Crippen molar-refractivity contribution in [3.63, 3.8) is 0 Å². The van der Waals surface area contributed by atoms with Crippen molar-refractivity contribution >= 4 is 11.7 Å². The van der Waals surface area contributed by atoms with Crippen LogP contribution in [-0.2, 0) is 9.47 Å². The van der Waals surface area contributed by atoms with Gasteiger partial charge >= 0.3 is 6.03 Å². The summed E-state index contributed by atoms with van der Waals surface area (Å²) in [4.78, 5) is 12.0.